The second-order valence-electron chi connectivity index (χ2n) is 12.1. The lowest BCUT2D eigenvalue weighted by Crippen LogP contribution is -2.47. The number of cyclic esters (lactones) is 1. The Bertz CT molecular complexity index is 993. The van der Waals surface area contributed by atoms with Crippen LogP contribution < -0.4 is 15.4 Å². The molecule has 1 fully saturated rings. The molecule has 1 heterocycles. The summed E-state index contributed by atoms with van der Waals surface area (Å²) in [5.74, 6) is -0.0698. The van der Waals surface area contributed by atoms with Gasteiger partial charge in [-0.1, -0.05) is 39.3 Å². The highest BCUT2D eigenvalue weighted by Gasteiger charge is 2.42. The third-order valence-electron chi connectivity index (χ3n) is 6.93. The molecule has 2 amide bonds. The van der Waals surface area contributed by atoms with Gasteiger partial charge in [0, 0.05) is 31.6 Å². The van der Waals surface area contributed by atoms with Gasteiger partial charge in [0.05, 0.1) is 24.3 Å². The second kappa shape index (κ2) is 15.5. The number of carbonyl (C=O) groups excluding carboxylic acids is 3. The molecule has 0 spiro atoms. The molecule has 226 valence electrons. The zero-order valence-electron chi connectivity index (χ0n) is 25.2. The number of hydrogen-bond donors (Lipinski definition) is 2. The van der Waals surface area contributed by atoms with Crippen molar-refractivity contribution >= 4 is 35.3 Å². The summed E-state index contributed by atoms with van der Waals surface area (Å²) in [5.41, 5.74) is -0.190. The van der Waals surface area contributed by atoms with E-state index >= 15 is 0 Å². The molecule has 0 aliphatic carbocycles. The molecule has 2 rings (SSSR count). The van der Waals surface area contributed by atoms with E-state index < -0.39 is 23.8 Å². The number of anilines is 1. The summed E-state index contributed by atoms with van der Waals surface area (Å²) < 4.78 is 22.1. The van der Waals surface area contributed by atoms with Crippen molar-refractivity contribution in [1.82, 2.24) is 5.32 Å². The maximum Gasteiger partial charge on any atom is 0.408 e. The fraction of sp³-hybridized carbons (Fsp3) is 0.700. The van der Waals surface area contributed by atoms with Crippen LogP contribution in [0.1, 0.15) is 74.1 Å². The summed E-state index contributed by atoms with van der Waals surface area (Å²) in [6.45, 7) is 14.4. The zero-order chi connectivity index (χ0) is 30.0. The zero-order valence-corrected chi connectivity index (χ0v) is 25.9. The van der Waals surface area contributed by atoms with Crippen LogP contribution in [0.3, 0.4) is 0 Å². The average Bonchev–Trinajstić information content (AvgIpc) is 3.22. The number of alkyl carbamates (subject to hydrolysis) is 1. The summed E-state index contributed by atoms with van der Waals surface area (Å²) in [5, 5.41) is 6.36. The normalized spacial score (nSPS) is 18.8. The van der Waals surface area contributed by atoms with E-state index in [1.165, 1.54) is 0 Å². The molecule has 0 aromatic heterocycles. The molecule has 40 heavy (non-hydrogen) atoms. The van der Waals surface area contributed by atoms with Crippen molar-refractivity contribution in [2.24, 2.45) is 23.7 Å². The Balaban J connectivity index is 2.17. The Morgan fingerprint density at radius 1 is 1.15 bits per heavy atom. The highest BCUT2D eigenvalue weighted by atomic mass is 35.5. The van der Waals surface area contributed by atoms with Crippen LogP contribution in [0.25, 0.3) is 0 Å². The predicted molar refractivity (Wildman–Crippen MR) is 156 cm³/mol. The second-order valence-corrected chi connectivity index (χ2v) is 12.6. The van der Waals surface area contributed by atoms with Gasteiger partial charge in [-0.2, -0.15) is 0 Å². The molecule has 4 atom stereocenters. The number of nitrogens with one attached hydrogen (secondary N) is 2. The average molecular weight is 583 g/mol. The lowest BCUT2D eigenvalue weighted by Gasteiger charge is -2.31. The van der Waals surface area contributed by atoms with Gasteiger partial charge in [0.25, 0.3) is 0 Å². The molecular weight excluding hydrogens is 536 g/mol. The van der Waals surface area contributed by atoms with Crippen LogP contribution in [0.5, 0.6) is 5.75 Å². The molecule has 0 saturated carbocycles. The Hall–Kier alpha value is -2.52. The monoisotopic (exact) mass is 582 g/mol. The van der Waals surface area contributed by atoms with Crippen LogP contribution in [0.2, 0.25) is 5.02 Å². The standard InChI is InChI=1S/C30H47ClN2O7/c1-18(2)20(15-27(34)32-24-16-21(31)10-11-25(24)38-13-9-12-37-8)14-23(33-29(36)40-30(5,6)7)26-17-22(19(3)4)28(35)39-26/h10-11,16,18-20,22-23,26H,9,12-15,17H2,1-8H3,(H,32,34)(H,33,36)/t20-,22+,23+,26-/m1/s1. The van der Waals surface area contributed by atoms with Crippen molar-refractivity contribution in [3.05, 3.63) is 23.2 Å². The van der Waals surface area contributed by atoms with Gasteiger partial charge in [-0.15, -0.1) is 0 Å². The Kier molecular flexibility index (Phi) is 13.0. The number of esters is 1. The van der Waals surface area contributed by atoms with Crippen LogP contribution in [-0.2, 0) is 23.8 Å². The van der Waals surface area contributed by atoms with Gasteiger partial charge in [-0.25, -0.2) is 4.79 Å². The SMILES string of the molecule is COCCCOc1ccc(Cl)cc1NC(=O)C[C@@H](C[C@H](NC(=O)OC(C)(C)C)[C@H]1C[C@@H](C(C)C)C(=O)O1)C(C)C. The van der Waals surface area contributed by atoms with Gasteiger partial charge < -0.3 is 29.6 Å². The van der Waals surface area contributed by atoms with Crippen LogP contribution in [0, 0.1) is 23.7 Å². The van der Waals surface area contributed by atoms with Gasteiger partial charge in [0.1, 0.15) is 17.5 Å². The van der Waals surface area contributed by atoms with E-state index in [0.29, 0.717) is 48.9 Å². The first-order chi connectivity index (χ1) is 18.7. The van der Waals surface area contributed by atoms with Gasteiger partial charge in [0.2, 0.25) is 5.91 Å². The molecule has 1 saturated heterocycles. The minimum atomic E-state index is -0.681. The molecule has 0 bridgehead atoms. The summed E-state index contributed by atoms with van der Waals surface area (Å²) in [7, 11) is 1.63. The summed E-state index contributed by atoms with van der Waals surface area (Å²) in [6.07, 6.45) is 0.744. The van der Waals surface area contributed by atoms with Crippen LogP contribution in [0.15, 0.2) is 18.2 Å². The van der Waals surface area contributed by atoms with Gasteiger partial charge >= 0.3 is 12.1 Å². The summed E-state index contributed by atoms with van der Waals surface area (Å²) in [4.78, 5) is 38.5. The largest absolute Gasteiger partial charge is 0.491 e. The van der Waals surface area contributed by atoms with Crippen molar-refractivity contribution in [2.45, 2.75) is 91.9 Å². The predicted octanol–water partition coefficient (Wildman–Crippen LogP) is 6.23. The van der Waals surface area contributed by atoms with Gasteiger partial charge in [-0.05, 0) is 69.6 Å². The van der Waals surface area contributed by atoms with E-state index in [1.54, 1.807) is 46.1 Å². The maximum atomic E-state index is 13.2. The van der Waals surface area contributed by atoms with Crippen LogP contribution in [-0.4, -0.2) is 56.0 Å². The molecular formula is C30H47ClN2O7. The Labute approximate surface area is 244 Å². The number of rotatable bonds is 14. The number of halogens is 1. The molecule has 1 aliphatic heterocycles. The van der Waals surface area contributed by atoms with E-state index in [1.807, 2.05) is 27.7 Å². The maximum absolute atomic E-state index is 13.2. The number of methoxy groups -OCH3 is 1. The number of hydrogen-bond acceptors (Lipinski definition) is 7. The van der Waals surface area contributed by atoms with Crippen molar-refractivity contribution < 1.29 is 33.3 Å². The number of ether oxygens (including phenoxy) is 4. The first-order valence-corrected chi connectivity index (χ1v) is 14.5. The first-order valence-electron chi connectivity index (χ1n) is 14.1. The third-order valence-corrected chi connectivity index (χ3v) is 7.16. The minimum Gasteiger partial charge on any atom is -0.491 e. The minimum absolute atomic E-state index is 0.107. The van der Waals surface area contributed by atoms with E-state index in [4.69, 9.17) is 30.5 Å². The van der Waals surface area contributed by atoms with E-state index in [0.717, 1.165) is 0 Å². The topological polar surface area (TPSA) is 112 Å². The molecule has 1 aromatic carbocycles. The van der Waals surface area contributed by atoms with Gasteiger partial charge in [0.15, 0.2) is 0 Å². The van der Waals surface area contributed by atoms with Crippen molar-refractivity contribution in [3.8, 4) is 5.75 Å². The smallest absolute Gasteiger partial charge is 0.408 e. The molecule has 0 unspecified atom stereocenters. The lowest BCUT2D eigenvalue weighted by molar-refractivity contribution is -0.146. The summed E-state index contributed by atoms with van der Waals surface area (Å²) in [6, 6.07) is 4.59. The van der Waals surface area contributed by atoms with Crippen LogP contribution in [0.4, 0.5) is 10.5 Å². The molecule has 1 aromatic rings. The third kappa shape index (κ3) is 11.2. The van der Waals surface area contributed by atoms with Crippen molar-refractivity contribution in [3.63, 3.8) is 0 Å². The lowest BCUT2D eigenvalue weighted by atomic mass is 9.83. The van der Waals surface area contributed by atoms with Crippen molar-refractivity contribution in [1.29, 1.82) is 0 Å². The summed E-state index contributed by atoms with van der Waals surface area (Å²) >= 11 is 6.20. The molecule has 9 nitrogen and oxygen atoms in total. The molecule has 10 heteroatoms. The Morgan fingerprint density at radius 3 is 2.42 bits per heavy atom. The number of amides is 2. The van der Waals surface area contributed by atoms with Crippen LogP contribution >= 0.6 is 11.6 Å². The number of benzene rings is 1. The quantitative estimate of drug-likeness (QED) is 0.197. The van der Waals surface area contributed by atoms with E-state index in [-0.39, 0.29) is 42.0 Å². The van der Waals surface area contributed by atoms with E-state index in [2.05, 4.69) is 10.6 Å². The number of carbonyl (C=O) groups is 3. The fourth-order valence-corrected chi connectivity index (χ4v) is 4.82. The Morgan fingerprint density at radius 2 is 1.85 bits per heavy atom. The highest BCUT2D eigenvalue weighted by Crippen LogP contribution is 2.34. The van der Waals surface area contributed by atoms with Gasteiger partial charge in [-0.3, -0.25) is 9.59 Å². The van der Waals surface area contributed by atoms with E-state index in [9.17, 15) is 14.4 Å². The van der Waals surface area contributed by atoms with Crippen molar-refractivity contribution in [2.75, 3.05) is 25.6 Å². The first kappa shape index (κ1) is 33.7. The fourth-order valence-electron chi connectivity index (χ4n) is 4.65. The highest BCUT2D eigenvalue weighted by molar-refractivity contribution is 6.31. The molecule has 1 aliphatic rings. The molecule has 2 N–H and O–H groups in total. The molecule has 0 radical (unpaired) electrons.